The van der Waals surface area contributed by atoms with Crippen LogP contribution in [0.5, 0.6) is 0 Å². The van der Waals surface area contributed by atoms with E-state index in [1.54, 1.807) is 13.0 Å². The van der Waals surface area contributed by atoms with E-state index < -0.39 is 17.8 Å². The van der Waals surface area contributed by atoms with Crippen LogP contribution in [-0.2, 0) is 14.3 Å². The monoisotopic (exact) mass is 522 g/mol. The minimum Gasteiger partial charge on any atom is -0.463 e. The molecule has 0 amide bonds. The van der Waals surface area contributed by atoms with Gasteiger partial charge in [-0.25, -0.2) is 14.2 Å². The van der Waals surface area contributed by atoms with Crippen LogP contribution >= 0.6 is 15.9 Å². The zero-order valence-electron chi connectivity index (χ0n) is 17.9. The molecule has 3 heterocycles. The number of aromatic nitrogens is 3. The third kappa shape index (κ3) is 5.29. The van der Waals surface area contributed by atoms with Crippen molar-refractivity contribution in [2.45, 2.75) is 19.1 Å². The number of H-pyrrole nitrogens is 1. The molecule has 12 heteroatoms. The summed E-state index contributed by atoms with van der Waals surface area (Å²) in [7, 11) is 0. The highest BCUT2D eigenvalue weighted by Crippen LogP contribution is 2.36. The Bertz CT molecular complexity index is 1060. The Kier molecular flexibility index (Phi) is 7.48. The van der Waals surface area contributed by atoms with Crippen molar-refractivity contribution in [3.05, 3.63) is 57.5 Å². The third-order valence-corrected chi connectivity index (χ3v) is 6.00. The molecule has 33 heavy (non-hydrogen) atoms. The number of aliphatic hydroxyl groups excluding tert-OH is 1. The average Bonchev–Trinajstić information content (AvgIpc) is 3.34. The van der Waals surface area contributed by atoms with E-state index in [1.807, 2.05) is 0 Å². The largest absolute Gasteiger partial charge is 0.463 e. The third-order valence-electron chi connectivity index (χ3n) is 5.31. The maximum absolute atomic E-state index is 13.8. The van der Waals surface area contributed by atoms with Crippen molar-refractivity contribution in [2.75, 3.05) is 39.5 Å². The fourth-order valence-corrected chi connectivity index (χ4v) is 4.38. The van der Waals surface area contributed by atoms with Crippen molar-refractivity contribution in [3.8, 4) is 0 Å². The standard InChI is InChI=1S/C21H24BrFN6O4/c1-2-32-21(31)17-16(9-29-5-6-33-13(8-29)10-30)26-20(19-24-11-25-28-19)27-18(17)14-4-3-12(23)7-15(14)22/h3-4,7,11,13,18,30H,2,5-6,8-10H2,1H3,(H,26,27)(H,24,25,28)/t13-,18?/m1/s1. The first-order chi connectivity index (χ1) is 16.0. The van der Waals surface area contributed by atoms with Gasteiger partial charge in [-0.05, 0) is 24.6 Å². The number of aliphatic hydroxyl groups is 1. The molecule has 1 saturated heterocycles. The Morgan fingerprint density at radius 1 is 1.45 bits per heavy atom. The van der Waals surface area contributed by atoms with Crippen LogP contribution in [0.25, 0.3) is 0 Å². The number of aromatic amines is 1. The van der Waals surface area contributed by atoms with Crippen molar-refractivity contribution in [1.82, 2.24) is 25.4 Å². The van der Waals surface area contributed by atoms with Crippen molar-refractivity contribution < 1.29 is 23.8 Å². The zero-order valence-corrected chi connectivity index (χ0v) is 19.5. The number of amidine groups is 1. The smallest absolute Gasteiger partial charge is 0.338 e. The van der Waals surface area contributed by atoms with Crippen LogP contribution in [0, 0.1) is 5.82 Å². The highest BCUT2D eigenvalue weighted by Gasteiger charge is 2.35. The van der Waals surface area contributed by atoms with Crippen molar-refractivity contribution in [1.29, 1.82) is 0 Å². The first kappa shape index (κ1) is 23.5. The van der Waals surface area contributed by atoms with E-state index in [0.29, 0.717) is 59.2 Å². The fraction of sp³-hybridized carbons (Fsp3) is 0.429. The molecular weight excluding hydrogens is 499 g/mol. The molecule has 2 atom stereocenters. The SMILES string of the molecule is CCOC(=O)C1=C(CN2CCO[C@@H](CO)C2)NC(c2nc[nH]n2)=NC1c1ccc(F)cc1Br. The lowest BCUT2D eigenvalue weighted by atomic mass is 9.95. The minimum atomic E-state index is -0.779. The molecule has 1 aromatic carbocycles. The van der Waals surface area contributed by atoms with Gasteiger partial charge in [-0.1, -0.05) is 22.0 Å². The number of morpholine rings is 1. The molecule has 2 aliphatic heterocycles. The van der Waals surface area contributed by atoms with Gasteiger partial charge in [0.1, 0.15) is 18.2 Å². The second-order valence-corrected chi connectivity index (χ2v) is 8.37. The topological polar surface area (TPSA) is 125 Å². The van der Waals surface area contributed by atoms with E-state index in [9.17, 15) is 14.3 Å². The average molecular weight is 523 g/mol. The Labute approximate surface area is 198 Å². The highest BCUT2D eigenvalue weighted by atomic mass is 79.9. The van der Waals surface area contributed by atoms with E-state index in [1.165, 1.54) is 18.5 Å². The van der Waals surface area contributed by atoms with Gasteiger partial charge >= 0.3 is 5.97 Å². The van der Waals surface area contributed by atoms with Gasteiger partial charge in [0.2, 0.25) is 5.82 Å². The summed E-state index contributed by atoms with van der Waals surface area (Å²) in [6, 6.07) is 3.45. The molecule has 2 aromatic rings. The van der Waals surface area contributed by atoms with Crippen molar-refractivity contribution >= 4 is 27.7 Å². The van der Waals surface area contributed by atoms with Gasteiger partial charge in [-0.15, -0.1) is 0 Å². The van der Waals surface area contributed by atoms with Gasteiger partial charge in [0.25, 0.3) is 0 Å². The molecule has 0 bridgehead atoms. The van der Waals surface area contributed by atoms with E-state index in [4.69, 9.17) is 14.5 Å². The summed E-state index contributed by atoms with van der Waals surface area (Å²) in [6.45, 7) is 3.76. The van der Waals surface area contributed by atoms with E-state index in [-0.39, 0.29) is 19.3 Å². The number of nitrogens with one attached hydrogen (secondary N) is 2. The lowest BCUT2D eigenvalue weighted by Crippen LogP contribution is -2.47. The molecule has 0 radical (unpaired) electrons. The number of carbonyl (C=O) groups is 1. The molecule has 2 aliphatic rings. The highest BCUT2D eigenvalue weighted by molar-refractivity contribution is 9.10. The van der Waals surface area contributed by atoms with Crippen LogP contribution in [0.4, 0.5) is 4.39 Å². The van der Waals surface area contributed by atoms with Crippen LogP contribution in [0.3, 0.4) is 0 Å². The van der Waals surface area contributed by atoms with Gasteiger partial charge in [-0.3, -0.25) is 15.0 Å². The van der Waals surface area contributed by atoms with Gasteiger partial charge in [0.15, 0.2) is 5.84 Å². The number of halogens is 2. The molecule has 0 saturated carbocycles. The van der Waals surface area contributed by atoms with Gasteiger partial charge in [0, 0.05) is 29.8 Å². The summed E-state index contributed by atoms with van der Waals surface area (Å²) >= 11 is 3.41. The summed E-state index contributed by atoms with van der Waals surface area (Å²) in [6.07, 6.45) is 1.12. The number of esters is 1. The van der Waals surface area contributed by atoms with E-state index >= 15 is 0 Å². The molecular formula is C21H24BrFN6O4. The first-order valence-electron chi connectivity index (χ1n) is 10.5. The normalized spacial score (nSPS) is 21.5. The number of benzene rings is 1. The number of hydrogen-bond acceptors (Lipinski definition) is 9. The van der Waals surface area contributed by atoms with Crippen LogP contribution in [0.1, 0.15) is 24.4 Å². The predicted octanol–water partition coefficient (Wildman–Crippen LogP) is 1.31. The first-order valence-corrected chi connectivity index (χ1v) is 11.3. The van der Waals surface area contributed by atoms with E-state index in [0.717, 1.165) is 0 Å². The van der Waals surface area contributed by atoms with Crippen molar-refractivity contribution in [2.24, 2.45) is 4.99 Å². The Balaban J connectivity index is 1.79. The summed E-state index contributed by atoms with van der Waals surface area (Å²) in [5.74, 6) is -0.240. The zero-order chi connectivity index (χ0) is 23.4. The van der Waals surface area contributed by atoms with E-state index in [2.05, 4.69) is 41.3 Å². The molecule has 1 fully saturated rings. The second kappa shape index (κ2) is 10.5. The van der Waals surface area contributed by atoms with Crippen molar-refractivity contribution in [3.63, 3.8) is 0 Å². The molecule has 1 unspecified atom stereocenters. The van der Waals surface area contributed by atoms with Gasteiger partial charge in [-0.2, -0.15) is 5.10 Å². The van der Waals surface area contributed by atoms with Crippen LogP contribution < -0.4 is 5.32 Å². The second-order valence-electron chi connectivity index (χ2n) is 7.52. The summed E-state index contributed by atoms with van der Waals surface area (Å²) in [5.41, 5.74) is 1.49. The Hall–Kier alpha value is -2.67. The number of nitrogens with zero attached hydrogens (tertiary/aromatic N) is 4. The molecule has 3 N–H and O–H groups in total. The molecule has 1 aromatic heterocycles. The molecule has 176 valence electrons. The van der Waals surface area contributed by atoms with Crippen LogP contribution in [0.2, 0.25) is 0 Å². The lowest BCUT2D eigenvalue weighted by molar-refractivity contribution is -0.139. The fourth-order valence-electron chi connectivity index (χ4n) is 3.81. The van der Waals surface area contributed by atoms with Crippen LogP contribution in [-0.4, -0.2) is 82.6 Å². The molecule has 0 spiro atoms. The number of hydrogen-bond donors (Lipinski definition) is 3. The molecule has 10 nitrogen and oxygen atoms in total. The molecule has 0 aliphatic carbocycles. The Morgan fingerprint density at radius 2 is 2.30 bits per heavy atom. The predicted molar refractivity (Wildman–Crippen MR) is 120 cm³/mol. The number of carbonyl (C=O) groups excluding carboxylic acids is 1. The Morgan fingerprint density at radius 3 is 3.00 bits per heavy atom. The summed E-state index contributed by atoms with van der Waals surface area (Å²) in [4.78, 5) is 24.1. The van der Waals surface area contributed by atoms with Gasteiger partial charge < -0.3 is 19.9 Å². The number of aliphatic imine (C=N–C) groups is 1. The van der Waals surface area contributed by atoms with Crippen LogP contribution in [0.15, 0.2) is 45.3 Å². The molecule has 4 rings (SSSR count). The van der Waals surface area contributed by atoms with Gasteiger partial charge in [0.05, 0.1) is 31.5 Å². The quantitative estimate of drug-likeness (QED) is 0.464. The summed E-state index contributed by atoms with van der Waals surface area (Å²) in [5, 5.41) is 19.5. The minimum absolute atomic E-state index is 0.0945. The maximum Gasteiger partial charge on any atom is 0.338 e. The maximum atomic E-state index is 13.8. The summed E-state index contributed by atoms with van der Waals surface area (Å²) < 4.78 is 25.2. The number of ether oxygens (including phenoxy) is 2. The lowest BCUT2D eigenvalue weighted by Gasteiger charge is -2.35. The number of rotatable bonds is 7.